The molecule has 1 fully saturated rings. The highest BCUT2D eigenvalue weighted by molar-refractivity contribution is 6.01. The van der Waals surface area contributed by atoms with Crippen LogP contribution in [0.4, 0.5) is 14.9 Å². The first-order valence-electron chi connectivity index (χ1n) is 9.18. The van der Waals surface area contributed by atoms with Crippen LogP contribution in [0.3, 0.4) is 0 Å². The Morgan fingerprint density at radius 3 is 2.56 bits per heavy atom. The minimum Gasteiger partial charge on any atom is -0.321 e. The maximum absolute atomic E-state index is 13.9. The fraction of sp³-hybridized carbons (Fsp3) is 0.333. The van der Waals surface area contributed by atoms with E-state index >= 15 is 0 Å². The molecule has 3 amide bonds. The summed E-state index contributed by atoms with van der Waals surface area (Å²) in [6, 6.07) is 12.1. The average molecular weight is 370 g/mol. The molecule has 0 saturated heterocycles. The predicted octanol–water partition coefficient (Wildman–Crippen LogP) is 2.34. The van der Waals surface area contributed by atoms with E-state index in [0.29, 0.717) is 23.8 Å². The second kappa shape index (κ2) is 8.31. The first-order chi connectivity index (χ1) is 12.9. The Labute approximate surface area is 158 Å². The summed E-state index contributed by atoms with van der Waals surface area (Å²) < 4.78 is 13.9. The van der Waals surface area contributed by atoms with Crippen molar-refractivity contribution in [2.45, 2.75) is 39.3 Å². The number of anilines is 1. The normalized spacial score (nSPS) is 14.5. The van der Waals surface area contributed by atoms with Crippen molar-refractivity contribution in [3.63, 3.8) is 0 Å². The third-order valence-corrected chi connectivity index (χ3v) is 4.80. The molecule has 0 aromatic heterocycles. The highest BCUT2D eigenvalue weighted by atomic mass is 19.1. The molecule has 6 heteroatoms. The van der Waals surface area contributed by atoms with E-state index in [4.69, 9.17) is 0 Å². The molecule has 5 nitrogen and oxygen atoms in total. The summed E-state index contributed by atoms with van der Waals surface area (Å²) in [5.74, 6) is -0.626. The zero-order chi connectivity index (χ0) is 19.4. The topological polar surface area (TPSA) is 62.6 Å². The Bertz CT molecular complexity index is 849. The van der Waals surface area contributed by atoms with Crippen LogP contribution in [0.1, 0.15) is 29.5 Å². The quantitative estimate of drug-likeness (QED) is 0.731. The number of rotatable bonds is 6. The number of quaternary nitrogens is 1. The van der Waals surface area contributed by atoms with Crippen molar-refractivity contribution in [3.05, 3.63) is 65.0 Å². The highest BCUT2D eigenvalue weighted by Gasteiger charge is 2.35. The van der Waals surface area contributed by atoms with Gasteiger partial charge < -0.3 is 10.2 Å². The molecule has 1 saturated carbocycles. The summed E-state index contributed by atoms with van der Waals surface area (Å²) in [7, 11) is 0. The fourth-order valence-electron chi connectivity index (χ4n) is 3.21. The van der Waals surface area contributed by atoms with Crippen molar-refractivity contribution in [1.29, 1.82) is 0 Å². The summed E-state index contributed by atoms with van der Waals surface area (Å²) in [5.41, 5.74) is 3.30. The highest BCUT2D eigenvalue weighted by Crippen LogP contribution is 2.17. The second-order valence-electron chi connectivity index (χ2n) is 7.20. The van der Waals surface area contributed by atoms with Crippen molar-refractivity contribution in [2.75, 3.05) is 11.9 Å². The minimum atomic E-state index is -0.548. The van der Waals surface area contributed by atoms with Crippen LogP contribution >= 0.6 is 0 Å². The van der Waals surface area contributed by atoms with Gasteiger partial charge in [0.15, 0.2) is 6.54 Å². The zero-order valence-electron chi connectivity index (χ0n) is 15.6. The number of halogens is 1. The molecular formula is C21H25FN3O2+. The van der Waals surface area contributed by atoms with Crippen molar-refractivity contribution in [3.8, 4) is 0 Å². The van der Waals surface area contributed by atoms with Crippen LogP contribution in [-0.2, 0) is 11.3 Å². The van der Waals surface area contributed by atoms with E-state index in [-0.39, 0.29) is 18.3 Å². The van der Waals surface area contributed by atoms with Gasteiger partial charge in [-0.15, -0.1) is 0 Å². The van der Waals surface area contributed by atoms with E-state index in [1.807, 2.05) is 32.0 Å². The van der Waals surface area contributed by atoms with Crippen LogP contribution in [0.5, 0.6) is 0 Å². The molecule has 0 spiro atoms. The van der Waals surface area contributed by atoms with Crippen molar-refractivity contribution in [2.24, 2.45) is 0 Å². The molecule has 0 bridgehead atoms. The number of amides is 3. The number of benzene rings is 2. The molecule has 2 aromatic carbocycles. The van der Waals surface area contributed by atoms with E-state index < -0.39 is 6.03 Å². The molecule has 3 rings (SSSR count). The number of carbonyl (C=O) groups is 2. The van der Waals surface area contributed by atoms with Gasteiger partial charge in [0, 0.05) is 24.1 Å². The SMILES string of the molecule is Cc1ccc(NC(=O)NC(=O)C[NH+](Cc2ccccc2F)C2CC2)c(C)c1. The van der Waals surface area contributed by atoms with Gasteiger partial charge in [0.1, 0.15) is 12.4 Å². The van der Waals surface area contributed by atoms with Crippen LogP contribution in [0.25, 0.3) is 0 Å². The smallest absolute Gasteiger partial charge is 0.321 e. The molecule has 142 valence electrons. The largest absolute Gasteiger partial charge is 0.326 e. The Hall–Kier alpha value is -2.73. The molecule has 0 aliphatic heterocycles. The Kier molecular flexibility index (Phi) is 5.86. The molecule has 1 aliphatic carbocycles. The van der Waals surface area contributed by atoms with E-state index in [2.05, 4.69) is 10.6 Å². The molecule has 0 radical (unpaired) electrons. The Morgan fingerprint density at radius 1 is 1.15 bits per heavy atom. The van der Waals surface area contributed by atoms with Crippen molar-refractivity contribution in [1.82, 2.24) is 5.32 Å². The van der Waals surface area contributed by atoms with Crippen molar-refractivity contribution >= 4 is 17.6 Å². The summed E-state index contributed by atoms with van der Waals surface area (Å²) in [4.78, 5) is 25.4. The lowest BCUT2D eigenvalue weighted by atomic mass is 10.1. The maximum atomic E-state index is 13.9. The summed E-state index contributed by atoms with van der Waals surface area (Å²) in [6.07, 6.45) is 2.04. The monoisotopic (exact) mass is 370 g/mol. The predicted molar refractivity (Wildman–Crippen MR) is 102 cm³/mol. The Morgan fingerprint density at radius 2 is 1.89 bits per heavy atom. The second-order valence-corrected chi connectivity index (χ2v) is 7.20. The first kappa shape index (κ1) is 19.0. The third kappa shape index (κ3) is 5.37. The van der Waals surface area contributed by atoms with Crippen LogP contribution in [-0.4, -0.2) is 24.5 Å². The van der Waals surface area contributed by atoms with E-state index in [1.165, 1.54) is 6.07 Å². The summed E-state index contributed by atoms with van der Waals surface area (Å²) in [6.45, 7) is 4.45. The third-order valence-electron chi connectivity index (χ3n) is 4.80. The van der Waals surface area contributed by atoms with E-state index in [0.717, 1.165) is 28.9 Å². The Balaban J connectivity index is 1.56. The van der Waals surface area contributed by atoms with E-state index in [1.54, 1.807) is 18.2 Å². The summed E-state index contributed by atoms with van der Waals surface area (Å²) >= 11 is 0. The van der Waals surface area contributed by atoms with Crippen LogP contribution in [0.15, 0.2) is 42.5 Å². The number of aryl methyl sites for hydroxylation is 2. The van der Waals surface area contributed by atoms with Gasteiger partial charge in [0.2, 0.25) is 0 Å². The number of urea groups is 1. The molecule has 0 heterocycles. The molecule has 1 unspecified atom stereocenters. The minimum absolute atomic E-state index is 0.138. The number of imide groups is 1. The van der Waals surface area contributed by atoms with Gasteiger partial charge in [-0.05, 0) is 31.5 Å². The summed E-state index contributed by atoms with van der Waals surface area (Å²) in [5, 5.41) is 5.09. The van der Waals surface area contributed by atoms with Crippen LogP contribution < -0.4 is 15.5 Å². The van der Waals surface area contributed by atoms with Gasteiger partial charge >= 0.3 is 6.03 Å². The number of hydrogen-bond donors (Lipinski definition) is 3. The van der Waals surface area contributed by atoms with Gasteiger partial charge in [-0.1, -0.05) is 35.9 Å². The standard InChI is InChI=1S/C21H24FN3O2/c1-14-7-10-19(15(2)11-14)23-21(27)24-20(26)13-25(17-8-9-17)12-16-5-3-4-6-18(16)22/h3-7,10-11,17H,8-9,12-13H2,1-2H3,(H2,23,24,26,27)/p+1. The van der Waals surface area contributed by atoms with E-state index in [9.17, 15) is 14.0 Å². The maximum Gasteiger partial charge on any atom is 0.326 e. The number of nitrogens with one attached hydrogen (secondary N) is 3. The van der Waals surface area contributed by atoms with Gasteiger partial charge in [-0.3, -0.25) is 10.1 Å². The average Bonchev–Trinajstić information content (AvgIpc) is 3.43. The number of hydrogen-bond acceptors (Lipinski definition) is 2. The molecule has 27 heavy (non-hydrogen) atoms. The van der Waals surface area contributed by atoms with Crippen LogP contribution in [0, 0.1) is 19.7 Å². The van der Waals surface area contributed by atoms with Crippen molar-refractivity contribution < 1.29 is 18.9 Å². The molecule has 1 aliphatic rings. The molecule has 1 atom stereocenters. The number of carbonyl (C=O) groups excluding carboxylic acids is 2. The molecular weight excluding hydrogens is 345 g/mol. The lowest BCUT2D eigenvalue weighted by Crippen LogP contribution is -3.13. The van der Waals surface area contributed by atoms with Gasteiger partial charge in [-0.2, -0.15) is 0 Å². The van der Waals surface area contributed by atoms with Gasteiger partial charge in [-0.25, -0.2) is 9.18 Å². The van der Waals surface area contributed by atoms with Gasteiger partial charge in [0.25, 0.3) is 5.91 Å². The van der Waals surface area contributed by atoms with Crippen LogP contribution in [0.2, 0.25) is 0 Å². The lowest BCUT2D eigenvalue weighted by Gasteiger charge is -2.19. The molecule has 3 N–H and O–H groups in total. The van der Waals surface area contributed by atoms with Gasteiger partial charge in [0.05, 0.1) is 6.04 Å². The molecule has 2 aromatic rings. The zero-order valence-corrected chi connectivity index (χ0v) is 15.6. The first-order valence-corrected chi connectivity index (χ1v) is 9.18. The fourth-order valence-corrected chi connectivity index (χ4v) is 3.21. The lowest BCUT2D eigenvalue weighted by molar-refractivity contribution is -0.917.